The fraction of sp³-hybridized carbons (Fsp3) is 0.267. The maximum Gasteiger partial charge on any atom is 0.226 e. The summed E-state index contributed by atoms with van der Waals surface area (Å²) in [6.45, 7) is 0. The van der Waals surface area contributed by atoms with Gasteiger partial charge in [-0.2, -0.15) is 9.97 Å². The largest absolute Gasteiger partial charge is 0.493 e. The van der Waals surface area contributed by atoms with Gasteiger partial charge in [-0.1, -0.05) is 17.7 Å². The van der Waals surface area contributed by atoms with Crippen molar-refractivity contribution in [1.29, 1.82) is 0 Å². The van der Waals surface area contributed by atoms with Crippen LogP contribution in [0.1, 0.15) is 23.5 Å². The van der Waals surface area contributed by atoms with E-state index in [0.29, 0.717) is 33.5 Å². The maximum atomic E-state index is 12.1. The average molecular weight is 350 g/mol. The molecule has 0 bridgehead atoms. The fourth-order valence-corrected chi connectivity index (χ4v) is 3.22. The number of nitrogen functional groups attached to an aromatic ring is 2. The van der Waals surface area contributed by atoms with Gasteiger partial charge in [-0.25, -0.2) is 0 Å². The summed E-state index contributed by atoms with van der Waals surface area (Å²) in [5.74, 6) is 0.746. The number of hydrogen-bond acceptors (Lipinski definition) is 7. The quantitative estimate of drug-likeness (QED) is 0.771. The second kappa shape index (κ2) is 6.04. The minimum atomic E-state index is -0.415. The van der Waals surface area contributed by atoms with Crippen molar-refractivity contribution >= 4 is 35.1 Å². The van der Waals surface area contributed by atoms with Crippen molar-refractivity contribution in [3.63, 3.8) is 0 Å². The summed E-state index contributed by atoms with van der Waals surface area (Å²) in [7, 11) is 3.01. The third-order valence-corrected chi connectivity index (χ3v) is 4.27. The third-order valence-electron chi connectivity index (χ3n) is 3.88. The van der Waals surface area contributed by atoms with Crippen LogP contribution < -0.4 is 26.3 Å². The highest BCUT2D eigenvalue weighted by Crippen LogP contribution is 2.46. The van der Waals surface area contributed by atoms with E-state index in [1.165, 1.54) is 14.2 Å². The minimum Gasteiger partial charge on any atom is -0.493 e. The van der Waals surface area contributed by atoms with E-state index in [2.05, 4.69) is 15.3 Å². The van der Waals surface area contributed by atoms with Gasteiger partial charge in [0.2, 0.25) is 11.9 Å². The van der Waals surface area contributed by atoms with E-state index in [1.807, 2.05) is 0 Å². The molecule has 0 saturated carbocycles. The van der Waals surface area contributed by atoms with E-state index < -0.39 is 5.92 Å². The van der Waals surface area contributed by atoms with Gasteiger partial charge in [0.05, 0.1) is 19.2 Å². The molecular formula is C15H16ClN5O3. The number of nitrogens with two attached hydrogens (primary N) is 2. The predicted molar refractivity (Wildman–Crippen MR) is 90.5 cm³/mol. The number of benzene rings is 1. The summed E-state index contributed by atoms with van der Waals surface area (Å²) in [5.41, 5.74) is 12.9. The molecule has 0 saturated heterocycles. The highest BCUT2D eigenvalue weighted by molar-refractivity contribution is 6.33. The Balaban J connectivity index is 2.20. The Labute approximate surface area is 143 Å². The van der Waals surface area contributed by atoms with Crippen LogP contribution in [0.4, 0.5) is 17.6 Å². The lowest BCUT2D eigenvalue weighted by Crippen LogP contribution is -2.26. The first kappa shape index (κ1) is 16.1. The summed E-state index contributed by atoms with van der Waals surface area (Å²) in [4.78, 5) is 20.1. The monoisotopic (exact) mass is 349 g/mol. The average Bonchev–Trinajstić information content (AvgIpc) is 2.52. The Bertz CT molecular complexity index is 827. The number of ether oxygens (including phenoxy) is 2. The highest BCUT2D eigenvalue weighted by Gasteiger charge is 2.33. The van der Waals surface area contributed by atoms with Crippen LogP contribution in [0.15, 0.2) is 12.1 Å². The van der Waals surface area contributed by atoms with Gasteiger partial charge in [0, 0.05) is 17.9 Å². The first-order valence-corrected chi connectivity index (χ1v) is 7.47. The molecule has 1 aromatic heterocycles. The molecular weight excluding hydrogens is 334 g/mol. The van der Waals surface area contributed by atoms with E-state index in [1.54, 1.807) is 12.1 Å². The van der Waals surface area contributed by atoms with Crippen LogP contribution in [0.25, 0.3) is 0 Å². The lowest BCUT2D eigenvalue weighted by atomic mass is 9.86. The molecule has 1 amide bonds. The van der Waals surface area contributed by atoms with Gasteiger partial charge in [0.15, 0.2) is 11.5 Å². The summed E-state index contributed by atoms with van der Waals surface area (Å²) >= 11 is 6.48. The molecule has 0 aliphatic carbocycles. The number of amides is 1. The van der Waals surface area contributed by atoms with Crippen LogP contribution in [-0.4, -0.2) is 30.1 Å². The molecule has 1 aliphatic heterocycles. The van der Waals surface area contributed by atoms with Crippen LogP contribution in [-0.2, 0) is 4.79 Å². The van der Waals surface area contributed by atoms with E-state index in [9.17, 15) is 4.79 Å². The van der Waals surface area contributed by atoms with E-state index in [4.69, 9.17) is 32.5 Å². The molecule has 1 unspecified atom stereocenters. The van der Waals surface area contributed by atoms with Gasteiger partial charge in [-0.15, -0.1) is 0 Å². The van der Waals surface area contributed by atoms with Gasteiger partial charge >= 0.3 is 0 Å². The zero-order valence-corrected chi connectivity index (χ0v) is 13.8. The van der Waals surface area contributed by atoms with Crippen LogP contribution in [0, 0.1) is 0 Å². The first-order chi connectivity index (χ1) is 11.5. The Kier molecular flexibility index (Phi) is 4.06. The maximum absolute atomic E-state index is 12.1. The molecule has 24 heavy (non-hydrogen) atoms. The SMILES string of the molecule is COc1ccc(C2CC(=O)Nc3nc(N)nc(N)c32)c(Cl)c1OC. The zero-order valence-electron chi connectivity index (χ0n) is 13.1. The summed E-state index contributed by atoms with van der Waals surface area (Å²) in [6.07, 6.45) is 0.152. The van der Waals surface area contributed by atoms with Gasteiger partial charge in [-0.3, -0.25) is 4.79 Å². The number of methoxy groups -OCH3 is 2. The fourth-order valence-electron chi connectivity index (χ4n) is 2.85. The van der Waals surface area contributed by atoms with E-state index in [0.717, 1.165) is 0 Å². The number of carbonyl (C=O) groups excluding carboxylic acids is 1. The summed E-state index contributed by atoms with van der Waals surface area (Å²) in [5, 5.41) is 3.01. The number of carbonyl (C=O) groups is 1. The number of fused-ring (bicyclic) bond motifs is 1. The molecule has 1 atom stereocenters. The lowest BCUT2D eigenvalue weighted by molar-refractivity contribution is -0.116. The number of hydrogen-bond donors (Lipinski definition) is 3. The Morgan fingerprint density at radius 1 is 1.25 bits per heavy atom. The van der Waals surface area contributed by atoms with Crippen molar-refractivity contribution in [3.8, 4) is 11.5 Å². The summed E-state index contributed by atoms with van der Waals surface area (Å²) in [6, 6.07) is 3.49. The molecule has 1 aliphatic rings. The second-order valence-corrected chi connectivity index (χ2v) is 5.62. The molecule has 2 aromatic rings. The normalized spacial score (nSPS) is 16.3. The van der Waals surface area contributed by atoms with Crippen molar-refractivity contribution in [1.82, 2.24) is 9.97 Å². The Morgan fingerprint density at radius 2 is 2.00 bits per heavy atom. The van der Waals surface area contributed by atoms with Crippen LogP contribution in [0.5, 0.6) is 11.5 Å². The molecule has 3 rings (SSSR count). The summed E-state index contributed by atoms with van der Waals surface area (Å²) < 4.78 is 10.6. The van der Waals surface area contributed by atoms with Gasteiger partial charge in [-0.05, 0) is 11.6 Å². The lowest BCUT2D eigenvalue weighted by Gasteiger charge is -2.27. The van der Waals surface area contributed by atoms with Crippen molar-refractivity contribution in [2.24, 2.45) is 0 Å². The highest BCUT2D eigenvalue weighted by atomic mass is 35.5. The Morgan fingerprint density at radius 3 is 2.67 bits per heavy atom. The molecule has 1 aromatic carbocycles. The van der Waals surface area contributed by atoms with Crippen molar-refractivity contribution in [3.05, 3.63) is 28.3 Å². The topological polar surface area (TPSA) is 125 Å². The van der Waals surface area contributed by atoms with Gasteiger partial charge in [0.25, 0.3) is 0 Å². The van der Waals surface area contributed by atoms with Crippen LogP contribution >= 0.6 is 11.6 Å². The van der Waals surface area contributed by atoms with Crippen molar-refractivity contribution in [2.45, 2.75) is 12.3 Å². The molecule has 126 valence electrons. The van der Waals surface area contributed by atoms with Gasteiger partial charge in [0.1, 0.15) is 11.6 Å². The number of anilines is 3. The Hall–Kier alpha value is -2.74. The number of rotatable bonds is 3. The standard InChI is InChI=1S/C15H16ClN5O3/c1-23-8-4-3-6(11(16)12(8)24-2)7-5-9(22)19-14-10(7)13(17)20-15(18)21-14/h3-4,7H,5H2,1-2H3,(H5,17,18,19,20,21,22). The van der Waals surface area contributed by atoms with Gasteiger partial charge < -0.3 is 26.3 Å². The van der Waals surface area contributed by atoms with Crippen molar-refractivity contribution in [2.75, 3.05) is 31.0 Å². The molecule has 0 fully saturated rings. The molecule has 9 heteroatoms. The third kappa shape index (κ3) is 2.54. The number of nitrogens with zero attached hydrogens (tertiary/aromatic N) is 2. The molecule has 2 heterocycles. The van der Waals surface area contributed by atoms with Crippen molar-refractivity contribution < 1.29 is 14.3 Å². The molecule has 5 N–H and O–H groups in total. The van der Waals surface area contributed by atoms with E-state index in [-0.39, 0.29) is 24.1 Å². The first-order valence-electron chi connectivity index (χ1n) is 7.09. The van der Waals surface area contributed by atoms with E-state index >= 15 is 0 Å². The minimum absolute atomic E-state index is 0.00870. The number of nitrogens with one attached hydrogen (secondary N) is 1. The second-order valence-electron chi connectivity index (χ2n) is 5.24. The zero-order chi connectivity index (χ0) is 17.4. The molecule has 0 radical (unpaired) electrons. The van der Waals surface area contributed by atoms with Crippen LogP contribution in [0.2, 0.25) is 5.02 Å². The van der Waals surface area contributed by atoms with Crippen LogP contribution in [0.3, 0.4) is 0 Å². The molecule has 8 nitrogen and oxygen atoms in total. The number of aromatic nitrogens is 2. The molecule has 0 spiro atoms. The smallest absolute Gasteiger partial charge is 0.226 e. The predicted octanol–water partition coefficient (Wildman–Crippen LogP) is 1.79. The number of halogens is 1.